The summed E-state index contributed by atoms with van der Waals surface area (Å²) >= 11 is 1.73. The van der Waals surface area contributed by atoms with E-state index >= 15 is 0 Å². The highest BCUT2D eigenvalue weighted by atomic mass is 32.2. The fourth-order valence-corrected chi connectivity index (χ4v) is 4.43. The largest absolute Gasteiger partial charge is 0.288 e. The van der Waals surface area contributed by atoms with Crippen molar-refractivity contribution in [2.75, 3.05) is 0 Å². The van der Waals surface area contributed by atoms with E-state index in [0.717, 1.165) is 39.2 Å². The van der Waals surface area contributed by atoms with Gasteiger partial charge in [-0.15, -0.1) is 0 Å². The number of para-hydroxylation sites is 1. The molecule has 132 valence electrons. The van der Waals surface area contributed by atoms with Gasteiger partial charge in [-0.3, -0.25) is 4.40 Å². The first-order valence-corrected chi connectivity index (χ1v) is 9.90. The zero-order valence-corrected chi connectivity index (χ0v) is 16.0. The van der Waals surface area contributed by atoms with Crippen LogP contribution in [0.15, 0.2) is 65.8 Å². The Kier molecular flexibility index (Phi) is 3.83. The van der Waals surface area contributed by atoms with Crippen LogP contribution in [0.25, 0.3) is 27.5 Å². The number of aromatic nitrogens is 4. The van der Waals surface area contributed by atoms with Crippen molar-refractivity contribution in [2.45, 2.75) is 24.6 Å². The van der Waals surface area contributed by atoms with E-state index in [2.05, 4.69) is 71.0 Å². The van der Waals surface area contributed by atoms with E-state index in [1.165, 1.54) is 16.2 Å². The third kappa shape index (κ3) is 2.84. The highest BCUT2D eigenvalue weighted by molar-refractivity contribution is 7.98. The fourth-order valence-electron chi connectivity index (χ4n) is 3.51. The summed E-state index contributed by atoms with van der Waals surface area (Å²) in [5.41, 5.74) is 4.18. The van der Waals surface area contributed by atoms with Crippen LogP contribution in [0, 0.1) is 13.8 Å². The molecule has 0 radical (unpaired) electrons. The highest BCUT2D eigenvalue weighted by Gasteiger charge is 2.11. The number of fused-ring (bicyclic) bond motifs is 4. The molecule has 0 bridgehead atoms. The molecule has 0 saturated carbocycles. The van der Waals surface area contributed by atoms with Crippen molar-refractivity contribution in [3.05, 3.63) is 77.9 Å². The smallest absolute Gasteiger partial charge is 0.234 e. The van der Waals surface area contributed by atoms with Gasteiger partial charge >= 0.3 is 0 Å². The summed E-state index contributed by atoms with van der Waals surface area (Å²) in [6.07, 6.45) is 2.08. The summed E-state index contributed by atoms with van der Waals surface area (Å²) in [4.78, 5) is 14.1. The summed E-state index contributed by atoms with van der Waals surface area (Å²) in [5.74, 6) is 1.52. The van der Waals surface area contributed by atoms with Crippen molar-refractivity contribution in [1.29, 1.82) is 0 Å². The van der Waals surface area contributed by atoms with Gasteiger partial charge < -0.3 is 0 Å². The first-order valence-electron chi connectivity index (χ1n) is 8.91. The van der Waals surface area contributed by atoms with Crippen molar-refractivity contribution < 1.29 is 0 Å². The summed E-state index contributed by atoms with van der Waals surface area (Å²) in [6.45, 7) is 4.08. The Morgan fingerprint density at radius 2 is 1.59 bits per heavy atom. The van der Waals surface area contributed by atoms with E-state index in [4.69, 9.17) is 9.97 Å². The third-order valence-corrected chi connectivity index (χ3v) is 5.77. The lowest BCUT2D eigenvalue weighted by molar-refractivity contribution is 1.01. The number of pyridine rings is 1. The minimum Gasteiger partial charge on any atom is -0.288 e. The molecule has 0 atom stereocenters. The second-order valence-corrected chi connectivity index (χ2v) is 7.67. The minimum absolute atomic E-state index is 0.761. The monoisotopic (exact) mass is 370 g/mol. The molecule has 0 aliphatic rings. The van der Waals surface area contributed by atoms with Gasteiger partial charge in [-0.2, -0.15) is 0 Å². The third-order valence-electron chi connectivity index (χ3n) is 4.74. The van der Waals surface area contributed by atoms with Gasteiger partial charge in [-0.1, -0.05) is 54.2 Å². The van der Waals surface area contributed by atoms with E-state index in [9.17, 15) is 0 Å². The molecule has 0 aliphatic carbocycles. The minimum atomic E-state index is 0.761. The standard InChI is InChI=1S/C22H18N4S/c1-14-11-15(2)26-12-16(24-22(26)23-14)13-27-21-19-9-4-3-7-17(19)18-8-5-6-10-20(18)25-21/h3-12H,13H2,1-2H3. The molecule has 0 saturated heterocycles. The van der Waals surface area contributed by atoms with Crippen LogP contribution in [0.4, 0.5) is 0 Å². The molecule has 0 unspecified atom stereocenters. The van der Waals surface area contributed by atoms with Crippen molar-refractivity contribution in [2.24, 2.45) is 0 Å². The zero-order chi connectivity index (χ0) is 18.4. The Bertz CT molecular complexity index is 1310. The Morgan fingerprint density at radius 1 is 0.852 bits per heavy atom. The van der Waals surface area contributed by atoms with Crippen LogP contribution in [0.2, 0.25) is 0 Å². The highest BCUT2D eigenvalue weighted by Crippen LogP contribution is 2.33. The van der Waals surface area contributed by atoms with Crippen LogP contribution >= 0.6 is 11.8 Å². The maximum Gasteiger partial charge on any atom is 0.234 e. The lowest BCUT2D eigenvalue weighted by Crippen LogP contribution is -1.94. The van der Waals surface area contributed by atoms with Crippen LogP contribution in [0.5, 0.6) is 0 Å². The lowest BCUT2D eigenvalue weighted by Gasteiger charge is -2.08. The zero-order valence-electron chi connectivity index (χ0n) is 15.2. The maximum absolute atomic E-state index is 4.92. The van der Waals surface area contributed by atoms with Gasteiger partial charge in [-0.05, 0) is 31.4 Å². The second kappa shape index (κ2) is 6.35. The normalized spacial score (nSPS) is 11.6. The number of hydrogen-bond acceptors (Lipinski definition) is 4. The molecular weight excluding hydrogens is 352 g/mol. The summed E-state index contributed by atoms with van der Waals surface area (Å²) < 4.78 is 2.05. The second-order valence-electron chi connectivity index (χ2n) is 6.71. The topological polar surface area (TPSA) is 43.1 Å². The first kappa shape index (κ1) is 16.3. The molecule has 5 rings (SSSR count). The predicted molar refractivity (Wildman–Crippen MR) is 111 cm³/mol. The van der Waals surface area contributed by atoms with Crippen LogP contribution in [0.3, 0.4) is 0 Å². The number of rotatable bonds is 3. The van der Waals surface area contributed by atoms with Gasteiger partial charge in [0.2, 0.25) is 5.78 Å². The molecule has 0 amide bonds. The Hall–Kier alpha value is -2.92. The number of imidazole rings is 1. The molecule has 27 heavy (non-hydrogen) atoms. The fraction of sp³-hybridized carbons (Fsp3) is 0.136. The van der Waals surface area contributed by atoms with Crippen molar-refractivity contribution in [1.82, 2.24) is 19.4 Å². The number of aryl methyl sites for hydroxylation is 2. The number of hydrogen-bond donors (Lipinski definition) is 0. The van der Waals surface area contributed by atoms with Gasteiger partial charge in [0.15, 0.2) is 0 Å². The molecule has 5 heteroatoms. The Balaban J connectivity index is 1.55. The quantitative estimate of drug-likeness (QED) is 0.318. The van der Waals surface area contributed by atoms with E-state index in [-0.39, 0.29) is 0 Å². The average molecular weight is 370 g/mol. The number of benzene rings is 2. The maximum atomic E-state index is 4.92. The van der Waals surface area contributed by atoms with Gasteiger partial charge in [0.25, 0.3) is 0 Å². The van der Waals surface area contributed by atoms with Crippen molar-refractivity contribution >= 4 is 39.2 Å². The van der Waals surface area contributed by atoms with Crippen molar-refractivity contribution in [3.63, 3.8) is 0 Å². The molecule has 3 heterocycles. The molecule has 0 N–H and O–H groups in total. The average Bonchev–Trinajstić information content (AvgIpc) is 3.09. The van der Waals surface area contributed by atoms with E-state index < -0.39 is 0 Å². The molecule has 4 nitrogen and oxygen atoms in total. The summed E-state index contributed by atoms with van der Waals surface area (Å²) in [6, 6.07) is 18.9. The molecule has 5 aromatic rings. The van der Waals surface area contributed by atoms with E-state index in [0.29, 0.717) is 0 Å². The van der Waals surface area contributed by atoms with Gasteiger partial charge in [-0.25, -0.2) is 15.0 Å². The number of thioether (sulfide) groups is 1. The summed E-state index contributed by atoms with van der Waals surface area (Å²) in [7, 11) is 0. The molecule has 0 fully saturated rings. The van der Waals surface area contributed by atoms with Gasteiger partial charge in [0, 0.05) is 34.1 Å². The van der Waals surface area contributed by atoms with E-state index in [1.807, 2.05) is 13.0 Å². The molecule has 0 spiro atoms. The first-order chi connectivity index (χ1) is 13.2. The van der Waals surface area contributed by atoms with Gasteiger partial charge in [0.05, 0.1) is 11.2 Å². The van der Waals surface area contributed by atoms with Crippen LogP contribution < -0.4 is 0 Å². The Labute approximate surface area is 161 Å². The van der Waals surface area contributed by atoms with Crippen molar-refractivity contribution in [3.8, 4) is 0 Å². The van der Waals surface area contributed by atoms with Crippen LogP contribution in [-0.4, -0.2) is 19.4 Å². The van der Waals surface area contributed by atoms with Crippen LogP contribution in [0.1, 0.15) is 17.1 Å². The SMILES string of the molecule is Cc1cc(C)n2cc(CSc3nc4ccccc4c4ccccc34)nc2n1. The molecule has 0 aliphatic heterocycles. The van der Waals surface area contributed by atoms with Gasteiger partial charge in [0.1, 0.15) is 5.03 Å². The summed E-state index contributed by atoms with van der Waals surface area (Å²) in [5, 5.41) is 4.67. The molecular formula is C22H18N4S. The number of nitrogens with zero attached hydrogens (tertiary/aromatic N) is 4. The predicted octanol–water partition coefficient (Wildman–Crippen LogP) is 5.34. The molecule has 2 aromatic carbocycles. The molecule has 3 aromatic heterocycles. The Morgan fingerprint density at radius 3 is 2.44 bits per heavy atom. The lowest BCUT2D eigenvalue weighted by atomic mass is 10.1. The van der Waals surface area contributed by atoms with E-state index in [1.54, 1.807) is 11.8 Å². The van der Waals surface area contributed by atoms with Crippen LogP contribution in [-0.2, 0) is 5.75 Å².